The van der Waals surface area contributed by atoms with Crippen LogP contribution in [0.5, 0.6) is 0 Å². The smallest absolute Gasteiger partial charge is 0.254 e. The van der Waals surface area contributed by atoms with E-state index >= 15 is 0 Å². The molecule has 1 aromatic rings. The molecule has 1 unspecified atom stereocenters. The Morgan fingerprint density at radius 1 is 1.00 bits per heavy atom. The third-order valence-electron chi connectivity index (χ3n) is 4.38. The predicted octanol–water partition coefficient (Wildman–Crippen LogP) is 5.46. The Balaban J connectivity index is 2.77. The lowest BCUT2D eigenvalue weighted by Gasteiger charge is -2.29. The van der Waals surface area contributed by atoms with Crippen LogP contribution in [-0.2, 0) is 6.42 Å². The van der Waals surface area contributed by atoms with Crippen LogP contribution in [0, 0.1) is 0 Å². The Labute approximate surface area is 136 Å². The Morgan fingerprint density at radius 3 is 2.18 bits per heavy atom. The van der Waals surface area contributed by atoms with Gasteiger partial charge in [0, 0.05) is 18.2 Å². The molecule has 22 heavy (non-hydrogen) atoms. The molecule has 2 nitrogen and oxygen atoms in total. The lowest BCUT2D eigenvalue weighted by atomic mass is 10.0. The molecule has 0 aliphatic rings. The number of carbonyl (C=O) groups excluding carboxylic acids is 1. The standard InChI is InChI=1S/C20H33NO/c1-5-8-10-11-17(4)21(16-9-6-2)20(22)19-14-12-18(7-3)13-15-19/h12-15,17H,5-11,16H2,1-4H3. The van der Waals surface area contributed by atoms with Crippen molar-refractivity contribution in [2.24, 2.45) is 0 Å². The summed E-state index contributed by atoms with van der Waals surface area (Å²) in [7, 11) is 0. The van der Waals surface area contributed by atoms with Gasteiger partial charge >= 0.3 is 0 Å². The first-order valence-electron chi connectivity index (χ1n) is 9.03. The van der Waals surface area contributed by atoms with Gasteiger partial charge in [0.15, 0.2) is 0 Å². The number of unbranched alkanes of at least 4 members (excludes halogenated alkanes) is 3. The Morgan fingerprint density at radius 2 is 1.64 bits per heavy atom. The maximum atomic E-state index is 12.9. The minimum Gasteiger partial charge on any atom is -0.336 e. The van der Waals surface area contributed by atoms with Gasteiger partial charge in [0.2, 0.25) is 0 Å². The van der Waals surface area contributed by atoms with Crippen molar-refractivity contribution in [3.05, 3.63) is 35.4 Å². The third-order valence-corrected chi connectivity index (χ3v) is 4.38. The molecule has 0 bridgehead atoms. The van der Waals surface area contributed by atoms with E-state index in [-0.39, 0.29) is 5.91 Å². The highest BCUT2D eigenvalue weighted by Gasteiger charge is 2.20. The molecular formula is C20H33NO. The molecule has 1 aromatic carbocycles. The van der Waals surface area contributed by atoms with E-state index in [2.05, 4.69) is 44.7 Å². The van der Waals surface area contributed by atoms with E-state index in [0.29, 0.717) is 6.04 Å². The van der Waals surface area contributed by atoms with Gasteiger partial charge in [-0.2, -0.15) is 0 Å². The molecule has 0 aromatic heterocycles. The van der Waals surface area contributed by atoms with Crippen molar-refractivity contribution < 1.29 is 4.79 Å². The van der Waals surface area contributed by atoms with Crippen LogP contribution in [-0.4, -0.2) is 23.4 Å². The molecule has 0 spiro atoms. The zero-order chi connectivity index (χ0) is 16.4. The van der Waals surface area contributed by atoms with Crippen molar-refractivity contribution in [3.8, 4) is 0 Å². The second kappa shape index (κ2) is 10.4. The molecule has 0 fully saturated rings. The Hall–Kier alpha value is -1.31. The van der Waals surface area contributed by atoms with Crippen LogP contribution < -0.4 is 0 Å². The third kappa shape index (κ3) is 5.82. The van der Waals surface area contributed by atoms with Crippen LogP contribution in [0.1, 0.15) is 82.1 Å². The van der Waals surface area contributed by atoms with Crippen molar-refractivity contribution in [2.45, 2.75) is 78.7 Å². The van der Waals surface area contributed by atoms with Crippen molar-refractivity contribution in [1.82, 2.24) is 4.90 Å². The topological polar surface area (TPSA) is 20.3 Å². The molecule has 0 heterocycles. The van der Waals surface area contributed by atoms with Crippen LogP contribution >= 0.6 is 0 Å². The second-order valence-corrected chi connectivity index (χ2v) is 6.25. The van der Waals surface area contributed by atoms with E-state index < -0.39 is 0 Å². The van der Waals surface area contributed by atoms with E-state index in [9.17, 15) is 4.79 Å². The molecule has 0 saturated carbocycles. The molecule has 2 heteroatoms. The van der Waals surface area contributed by atoms with Crippen LogP contribution in [0.3, 0.4) is 0 Å². The number of benzene rings is 1. The fraction of sp³-hybridized carbons (Fsp3) is 0.650. The van der Waals surface area contributed by atoms with Gasteiger partial charge in [-0.1, -0.05) is 58.6 Å². The number of carbonyl (C=O) groups is 1. The fourth-order valence-corrected chi connectivity index (χ4v) is 2.74. The highest BCUT2D eigenvalue weighted by Crippen LogP contribution is 2.16. The predicted molar refractivity (Wildman–Crippen MR) is 95.4 cm³/mol. The van der Waals surface area contributed by atoms with Gasteiger partial charge < -0.3 is 4.90 Å². The van der Waals surface area contributed by atoms with Crippen LogP contribution in [0.25, 0.3) is 0 Å². The van der Waals surface area contributed by atoms with Gasteiger partial charge in [-0.25, -0.2) is 0 Å². The summed E-state index contributed by atoms with van der Waals surface area (Å²) in [5, 5.41) is 0. The zero-order valence-corrected chi connectivity index (χ0v) is 14.9. The number of hydrogen-bond donors (Lipinski definition) is 0. The fourth-order valence-electron chi connectivity index (χ4n) is 2.74. The molecule has 0 aliphatic carbocycles. The monoisotopic (exact) mass is 303 g/mol. The van der Waals surface area contributed by atoms with Gasteiger partial charge in [0.1, 0.15) is 0 Å². The average molecular weight is 303 g/mol. The second-order valence-electron chi connectivity index (χ2n) is 6.25. The Bertz CT molecular complexity index is 424. The number of hydrogen-bond acceptors (Lipinski definition) is 1. The maximum Gasteiger partial charge on any atom is 0.254 e. The first kappa shape index (κ1) is 18.7. The summed E-state index contributed by atoms with van der Waals surface area (Å²) in [5.41, 5.74) is 2.11. The molecule has 1 atom stereocenters. The van der Waals surface area contributed by atoms with E-state index in [4.69, 9.17) is 0 Å². The highest BCUT2D eigenvalue weighted by atomic mass is 16.2. The number of aryl methyl sites for hydroxylation is 1. The molecule has 0 radical (unpaired) electrons. The maximum absolute atomic E-state index is 12.9. The molecule has 1 rings (SSSR count). The van der Waals surface area contributed by atoms with Crippen molar-refractivity contribution in [3.63, 3.8) is 0 Å². The lowest BCUT2D eigenvalue weighted by molar-refractivity contribution is 0.0679. The summed E-state index contributed by atoms with van der Waals surface area (Å²) in [6.45, 7) is 9.61. The van der Waals surface area contributed by atoms with Gasteiger partial charge in [0.05, 0.1) is 0 Å². The van der Waals surface area contributed by atoms with Crippen LogP contribution in [0.2, 0.25) is 0 Å². The normalized spacial score (nSPS) is 12.2. The lowest BCUT2D eigenvalue weighted by Crippen LogP contribution is -2.39. The summed E-state index contributed by atoms with van der Waals surface area (Å²) in [6.07, 6.45) is 8.02. The van der Waals surface area contributed by atoms with Gasteiger partial charge in [0.25, 0.3) is 5.91 Å². The van der Waals surface area contributed by atoms with E-state index in [1.54, 1.807) is 0 Å². The van der Waals surface area contributed by atoms with Crippen molar-refractivity contribution in [2.75, 3.05) is 6.54 Å². The summed E-state index contributed by atoms with van der Waals surface area (Å²) >= 11 is 0. The molecule has 0 aliphatic heterocycles. The SMILES string of the molecule is CCCCCC(C)N(CCCC)C(=O)c1ccc(CC)cc1. The molecular weight excluding hydrogens is 270 g/mol. The largest absolute Gasteiger partial charge is 0.336 e. The summed E-state index contributed by atoms with van der Waals surface area (Å²) in [6, 6.07) is 8.45. The highest BCUT2D eigenvalue weighted by molar-refractivity contribution is 5.94. The minimum absolute atomic E-state index is 0.195. The van der Waals surface area contributed by atoms with E-state index in [1.165, 1.54) is 24.8 Å². The van der Waals surface area contributed by atoms with Crippen molar-refractivity contribution >= 4 is 5.91 Å². The van der Waals surface area contributed by atoms with Crippen molar-refractivity contribution in [1.29, 1.82) is 0 Å². The van der Waals surface area contributed by atoms with Gasteiger partial charge in [-0.15, -0.1) is 0 Å². The van der Waals surface area contributed by atoms with Crippen LogP contribution in [0.15, 0.2) is 24.3 Å². The molecule has 124 valence electrons. The number of rotatable bonds is 10. The molecule has 0 N–H and O–H groups in total. The Kier molecular flexibility index (Phi) is 8.88. The summed E-state index contributed by atoms with van der Waals surface area (Å²) < 4.78 is 0. The molecule has 0 saturated heterocycles. The number of amides is 1. The quantitative estimate of drug-likeness (QED) is 0.526. The van der Waals surface area contributed by atoms with E-state index in [0.717, 1.165) is 37.8 Å². The summed E-state index contributed by atoms with van der Waals surface area (Å²) in [4.78, 5) is 14.9. The van der Waals surface area contributed by atoms with Crippen LogP contribution in [0.4, 0.5) is 0 Å². The first-order chi connectivity index (χ1) is 10.6. The number of nitrogens with zero attached hydrogens (tertiary/aromatic N) is 1. The zero-order valence-electron chi connectivity index (χ0n) is 14.9. The van der Waals surface area contributed by atoms with Gasteiger partial charge in [-0.05, 0) is 43.9 Å². The van der Waals surface area contributed by atoms with Gasteiger partial charge in [-0.3, -0.25) is 4.79 Å². The average Bonchev–Trinajstić information content (AvgIpc) is 2.55. The first-order valence-corrected chi connectivity index (χ1v) is 9.03. The summed E-state index contributed by atoms with van der Waals surface area (Å²) in [5.74, 6) is 0.195. The van der Waals surface area contributed by atoms with E-state index in [1.807, 2.05) is 12.1 Å². The minimum atomic E-state index is 0.195. The molecule has 1 amide bonds.